The maximum absolute atomic E-state index is 13.0. The predicted octanol–water partition coefficient (Wildman–Crippen LogP) is 9.15. The lowest BCUT2D eigenvalue weighted by Crippen LogP contribution is -2.17. The highest BCUT2D eigenvalue weighted by atomic mass is 79.9. The fourth-order valence-electron chi connectivity index (χ4n) is 4.99. The zero-order valence-corrected chi connectivity index (χ0v) is 30.5. The Hall–Kier alpha value is -5.48. The van der Waals surface area contributed by atoms with Crippen molar-refractivity contribution in [2.24, 2.45) is 5.10 Å². The number of rotatable bonds is 18. The number of benzene rings is 5. The number of carbonyl (C=O) groups excluding carboxylic acids is 1. The molecule has 0 aromatic heterocycles. The molecular weight excluding hydrogens is 712 g/mol. The summed E-state index contributed by atoms with van der Waals surface area (Å²) in [7, 11) is 0. The molecular formula is C41H41BrN2O7. The van der Waals surface area contributed by atoms with Gasteiger partial charge in [0.25, 0.3) is 5.91 Å². The van der Waals surface area contributed by atoms with E-state index < -0.39 is 5.91 Å². The minimum absolute atomic E-state index is 0.265. The van der Waals surface area contributed by atoms with Gasteiger partial charge in [0, 0.05) is 5.56 Å². The quantitative estimate of drug-likeness (QED) is 0.0705. The van der Waals surface area contributed by atoms with Gasteiger partial charge in [-0.3, -0.25) is 4.79 Å². The predicted molar refractivity (Wildman–Crippen MR) is 201 cm³/mol. The topological polar surface area (TPSA) is 96.8 Å². The first-order valence-electron chi connectivity index (χ1n) is 16.8. The summed E-state index contributed by atoms with van der Waals surface area (Å²) in [6, 6.07) is 34.3. The molecule has 5 rings (SSSR count). The summed E-state index contributed by atoms with van der Waals surface area (Å²) in [6.45, 7) is 8.15. The van der Waals surface area contributed by atoms with Gasteiger partial charge in [-0.05, 0) is 101 Å². The molecule has 0 unspecified atom stereocenters. The lowest BCUT2D eigenvalue weighted by Gasteiger charge is -2.16. The summed E-state index contributed by atoms with van der Waals surface area (Å²) in [6.07, 6.45) is 1.54. The summed E-state index contributed by atoms with van der Waals surface area (Å²) in [4.78, 5) is 13.0. The molecule has 264 valence electrons. The smallest absolute Gasteiger partial charge is 0.271 e. The lowest BCUT2D eigenvalue weighted by molar-refractivity contribution is 0.0954. The molecule has 0 saturated heterocycles. The standard InChI is InChI=1S/C41H41BrN2O7/c1-4-46-37-22-31(17-19-35(37)49-26-29-13-9-7-10-14-29)28-51-40-34(42)21-32(23-39(40)48-6-3)25-43-44-41(45)33-18-20-36(38(24-33)47-5-2)50-27-30-15-11-8-12-16-30/h7-25H,4-6,26-28H2,1-3H3,(H,44,45)/b43-25+. The Morgan fingerprint density at radius 3 is 1.75 bits per heavy atom. The number of hydrogen-bond donors (Lipinski definition) is 1. The third kappa shape index (κ3) is 10.8. The van der Waals surface area contributed by atoms with Crippen LogP contribution in [0.1, 0.15) is 53.4 Å². The average Bonchev–Trinajstić information content (AvgIpc) is 3.15. The number of ether oxygens (including phenoxy) is 6. The summed E-state index contributed by atoms with van der Waals surface area (Å²) < 4.78 is 36.5. The summed E-state index contributed by atoms with van der Waals surface area (Å²) in [5.74, 6) is 3.01. The summed E-state index contributed by atoms with van der Waals surface area (Å²) in [5.41, 5.74) is 6.66. The van der Waals surface area contributed by atoms with Gasteiger partial charge < -0.3 is 28.4 Å². The van der Waals surface area contributed by atoms with E-state index in [-0.39, 0.29) is 6.61 Å². The molecule has 0 aliphatic heterocycles. The zero-order valence-electron chi connectivity index (χ0n) is 28.9. The number of amides is 1. The number of hydrogen-bond acceptors (Lipinski definition) is 8. The SMILES string of the molecule is CCOc1cc(COc2c(Br)cc(/C=N/NC(=O)c3ccc(OCc4ccccc4)c(OCC)c3)cc2OCC)ccc1OCc1ccccc1. The van der Waals surface area contributed by atoms with E-state index in [9.17, 15) is 4.79 Å². The van der Waals surface area contributed by atoms with Gasteiger partial charge in [-0.25, -0.2) is 5.43 Å². The van der Waals surface area contributed by atoms with Gasteiger partial charge in [0.1, 0.15) is 19.8 Å². The van der Waals surface area contributed by atoms with Crippen molar-refractivity contribution in [3.63, 3.8) is 0 Å². The van der Waals surface area contributed by atoms with Crippen molar-refractivity contribution < 1.29 is 33.2 Å². The van der Waals surface area contributed by atoms with Crippen LogP contribution in [0.2, 0.25) is 0 Å². The Labute approximate surface area is 307 Å². The molecule has 0 spiro atoms. The molecule has 0 atom stereocenters. The van der Waals surface area contributed by atoms with Gasteiger partial charge in [-0.2, -0.15) is 5.10 Å². The van der Waals surface area contributed by atoms with Crippen molar-refractivity contribution in [3.8, 4) is 34.5 Å². The normalized spacial score (nSPS) is 10.8. The Kier molecular flexibility index (Phi) is 13.7. The Bertz CT molecular complexity index is 1900. The number of nitrogens with one attached hydrogen (secondary N) is 1. The van der Waals surface area contributed by atoms with Crippen LogP contribution in [0, 0.1) is 0 Å². The molecule has 5 aromatic carbocycles. The van der Waals surface area contributed by atoms with E-state index in [1.54, 1.807) is 24.3 Å². The fourth-order valence-corrected chi connectivity index (χ4v) is 5.56. The van der Waals surface area contributed by atoms with E-state index in [0.717, 1.165) is 16.7 Å². The maximum atomic E-state index is 13.0. The third-order valence-corrected chi connectivity index (χ3v) is 7.97. The molecule has 0 radical (unpaired) electrons. The number of halogens is 1. The van der Waals surface area contributed by atoms with Crippen LogP contribution in [0.5, 0.6) is 34.5 Å². The molecule has 0 fully saturated rings. The van der Waals surface area contributed by atoms with Crippen LogP contribution in [-0.4, -0.2) is 31.9 Å². The van der Waals surface area contributed by atoms with Crippen LogP contribution in [0.4, 0.5) is 0 Å². The van der Waals surface area contributed by atoms with Crippen LogP contribution in [-0.2, 0) is 19.8 Å². The van der Waals surface area contributed by atoms with E-state index >= 15 is 0 Å². The molecule has 0 aliphatic carbocycles. The highest BCUT2D eigenvalue weighted by Gasteiger charge is 2.15. The molecule has 10 heteroatoms. The summed E-state index contributed by atoms with van der Waals surface area (Å²) >= 11 is 3.63. The Morgan fingerprint density at radius 2 is 1.14 bits per heavy atom. The van der Waals surface area contributed by atoms with Crippen molar-refractivity contribution in [1.82, 2.24) is 5.43 Å². The van der Waals surface area contributed by atoms with Gasteiger partial charge in [0.2, 0.25) is 0 Å². The number of carbonyl (C=O) groups is 1. The number of hydrazone groups is 1. The van der Waals surface area contributed by atoms with Crippen LogP contribution in [0.3, 0.4) is 0 Å². The van der Waals surface area contributed by atoms with Crippen LogP contribution in [0.25, 0.3) is 0 Å². The van der Waals surface area contributed by atoms with Crippen molar-refractivity contribution in [2.75, 3.05) is 19.8 Å². The number of nitrogens with zero attached hydrogens (tertiary/aromatic N) is 1. The largest absolute Gasteiger partial charge is 0.490 e. The van der Waals surface area contributed by atoms with E-state index in [1.165, 1.54) is 6.21 Å². The third-order valence-electron chi connectivity index (χ3n) is 7.38. The van der Waals surface area contributed by atoms with Crippen molar-refractivity contribution in [3.05, 3.63) is 141 Å². The molecule has 0 aliphatic rings. The molecule has 51 heavy (non-hydrogen) atoms. The van der Waals surface area contributed by atoms with Crippen molar-refractivity contribution >= 4 is 28.1 Å². The van der Waals surface area contributed by atoms with Gasteiger partial charge in [-0.15, -0.1) is 0 Å². The molecule has 1 N–H and O–H groups in total. The van der Waals surface area contributed by atoms with E-state index in [1.807, 2.05) is 106 Å². The molecule has 5 aromatic rings. The molecule has 1 amide bonds. The molecule has 0 saturated carbocycles. The second-order valence-electron chi connectivity index (χ2n) is 11.1. The van der Waals surface area contributed by atoms with Gasteiger partial charge in [0.05, 0.1) is 30.5 Å². The molecule has 9 nitrogen and oxygen atoms in total. The molecule has 0 bridgehead atoms. The van der Waals surface area contributed by atoms with E-state index in [2.05, 4.69) is 26.5 Å². The molecule has 0 heterocycles. The summed E-state index contributed by atoms with van der Waals surface area (Å²) in [5, 5.41) is 4.19. The lowest BCUT2D eigenvalue weighted by atomic mass is 10.2. The van der Waals surface area contributed by atoms with Gasteiger partial charge in [0.15, 0.2) is 34.5 Å². The van der Waals surface area contributed by atoms with Crippen LogP contribution >= 0.6 is 15.9 Å². The van der Waals surface area contributed by atoms with Crippen molar-refractivity contribution in [2.45, 2.75) is 40.6 Å². The van der Waals surface area contributed by atoms with Gasteiger partial charge >= 0.3 is 0 Å². The van der Waals surface area contributed by atoms with Gasteiger partial charge in [-0.1, -0.05) is 66.7 Å². The van der Waals surface area contributed by atoms with E-state index in [0.29, 0.717) is 83.1 Å². The van der Waals surface area contributed by atoms with Crippen LogP contribution < -0.4 is 33.8 Å². The second kappa shape index (κ2) is 19.1. The Balaban J connectivity index is 1.22. The highest BCUT2D eigenvalue weighted by Crippen LogP contribution is 2.38. The minimum Gasteiger partial charge on any atom is -0.490 e. The average molecular weight is 754 g/mol. The maximum Gasteiger partial charge on any atom is 0.271 e. The second-order valence-corrected chi connectivity index (χ2v) is 12.0. The first kappa shape index (κ1) is 36.8. The van der Waals surface area contributed by atoms with Crippen LogP contribution in [0.15, 0.2) is 119 Å². The zero-order chi connectivity index (χ0) is 35.8. The minimum atomic E-state index is -0.395. The Morgan fingerprint density at radius 1 is 0.588 bits per heavy atom. The highest BCUT2D eigenvalue weighted by molar-refractivity contribution is 9.10. The first-order valence-corrected chi connectivity index (χ1v) is 17.5. The first-order chi connectivity index (χ1) is 25.0. The monoisotopic (exact) mass is 752 g/mol. The van der Waals surface area contributed by atoms with Crippen molar-refractivity contribution in [1.29, 1.82) is 0 Å². The van der Waals surface area contributed by atoms with E-state index in [4.69, 9.17) is 28.4 Å². The fraction of sp³-hybridized carbons (Fsp3) is 0.220.